The number of nitrogens with one attached hydrogen (secondary N) is 1. The van der Waals surface area contributed by atoms with Crippen molar-refractivity contribution in [2.24, 2.45) is 5.73 Å². The highest BCUT2D eigenvalue weighted by molar-refractivity contribution is 5.92. The lowest BCUT2D eigenvalue weighted by Crippen LogP contribution is -2.37. The van der Waals surface area contributed by atoms with Crippen LogP contribution in [0.2, 0.25) is 0 Å². The second-order valence-electron chi connectivity index (χ2n) is 4.19. The van der Waals surface area contributed by atoms with Crippen molar-refractivity contribution in [3.05, 3.63) is 29.6 Å². The zero-order valence-electron chi connectivity index (χ0n) is 10.5. The third kappa shape index (κ3) is 4.86. The van der Waals surface area contributed by atoms with Gasteiger partial charge in [0.05, 0.1) is 5.56 Å². The summed E-state index contributed by atoms with van der Waals surface area (Å²) in [5, 5.41) is 2.53. The molecule has 3 N–H and O–H groups in total. The first kappa shape index (κ1) is 15.4. The standard InChI is InChI=1S/C12H16F3N3O/c1-2-3-9(16)7-18-11(19)10-5-4-8(6-17-10)12(13,14)15/h4-6,9H,2-3,7,16H2,1H3,(H,18,19). The van der Waals surface area contributed by atoms with Gasteiger partial charge in [-0.15, -0.1) is 0 Å². The number of halogens is 3. The van der Waals surface area contributed by atoms with Gasteiger partial charge in [0.15, 0.2) is 0 Å². The molecule has 0 aliphatic carbocycles. The van der Waals surface area contributed by atoms with Crippen LogP contribution in [0.5, 0.6) is 0 Å². The van der Waals surface area contributed by atoms with Crippen LogP contribution in [-0.4, -0.2) is 23.5 Å². The highest BCUT2D eigenvalue weighted by Gasteiger charge is 2.30. The van der Waals surface area contributed by atoms with Gasteiger partial charge in [0.1, 0.15) is 5.69 Å². The van der Waals surface area contributed by atoms with Gasteiger partial charge in [0, 0.05) is 18.8 Å². The summed E-state index contributed by atoms with van der Waals surface area (Å²) in [6, 6.07) is 1.71. The molecule has 0 aromatic carbocycles. The number of nitrogens with two attached hydrogens (primary N) is 1. The fourth-order valence-corrected chi connectivity index (χ4v) is 1.48. The van der Waals surface area contributed by atoms with Crippen molar-refractivity contribution in [3.63, 3.8) is 0 Å². The Bertz CT molecular complexity index is 417. The Morgan fingerprint density at radius 2 is 2.16 bits per heavy atom. The molecular formula is C12H16F3N3O. The first-order chi connectivity index (χ1) is 8.84. The Morgan fingerprint density at radius 1 is 1.47 bits per heavy atom. The molecule has 0 fully saturated rings. The molecule has 0 spiro atoms. The Balaban J connectivity index is 2.59. The minimum atomic E-state index is -4.45. The van der Waals surface area contributed by atoms with Gasteiger partial charge in [-0.2, -0.15) is 13.2 Å². The van der Waals surface area contributed by atoms with E-state index >= 15 is 0 Å². The lowest BCUT2D eigenvalue weighted by atomic mass is 10.2. The Kier molecular flexibility index (Phi) is 5.29. The van der Waals surface area contributed by atoms with E-state index in [0.29, 0.717) is 6.20 Å². The minimum absolute atomic E-state index is 0.0586. The van der Waals surface area contributed by atoms with E-state index in [9.17, 15) is 18.0 Å². The van der Waals surface area contributed by atoms with E-state index in [1.165, 1.54) is 0 Å². The molecule has 0 aliphatic heterocycles. The van der Waals surface area contributed by atoms with Crippen LogP contribution in [0.1, 0.15) is 35.8 Å². The molecule has 1 aromatic rings. The number of carbonyl (C=O) groups is 1. The topological polar surface area (TPSA) is 68.0 Å². The van der Waals surface area contributed by atoms with Crippen LogP contribution in [0.4, 0.5) is 13.2 Å². The molecule has 1 unspecified atom stereocenters. The van der Waals surface area contributed by atoms with E-state index in [4.69, 9.17) is 5.73 Å². The van der Waals surface area contributed by atoms with Crippen molar-refractivity contribution in [1.82, 2.24) is 10.3 Å². The van der Waals surface area contributed by atoms with Crippen LogP contribution in [0.3, 0.4) is 0 Å². The van der Waals surface area contributed by atoms with Crippen molar-refractivity contribution < 1.29 is 18.0 Å². The van der Waals surface area contributed by atoms with Gasteiger partial charge in [-0.25, -0.2) is 0 Å². The quantitative estimate of drug-likeness (QED) is 0.863. The summed E-state index contributed by atoms with van der Waals surface area (Å²) in [5.41, 5.74) is 4.77. The number of carbonyl (C=O) groups excluding carboxylic acids is 1. The molecule has 1 amide bonds. The number of alkyl halides is 3. The first-order valence-corrected chi connectivity index (χ1v) is 5.91. The summed E-state index contributed by atoms with van der Waals surface area (Å²) in [6.45, 7) is 2.24. The number of amides is 1. The largest absolute Gasteiger partial charge is 0.417 e. The normalized spacial score (nSPS) is 13.1. The van der Waals surface area contributed by atoms with Crippen molar-refractivity contribution >= 4 is 5.91 Å². The molecule has 1 atom stereocenters. The highest BCUT2D eigenvalue weighted by Crippen LogP contribution is 2.28. The second-order valence-corrected chi connectivity index (χ2v) is 4.19. The number of hydrogen-bond acceptors (Lipinski definition) is 3. The molecule has 1 aromatic heterocycles. The Morgan fingerprint density at radius 3 is 2.63 bits per heavy atom. The molecule has 0 saturated carbocycles. The smallest absolute Gasteiger partial charge is 0.349 e. The van der Waals surface area contributed by atoms with Gasteiger partial charge in [-0.05, 0) is 18.6 Å². The average molecular weight is 275 g/mol. The average Bonchev–Trinajstić information content (AvgIpc) is 2.35. The SMILES string of the molecule is CCCC(N)CNC(=O)c1ccc(C(F)(F)F)cn1. The molecular weight excluding hydrogens is 259 g/mol. The van der Waals surface area contributed by atoms with Crippen LogP contribution in [0.15, 0.2) is 18.3 Å². The summed E-state index contributed by atoms with van der Waals surface area (Å²) in [5.74, 6) is -0.528. The van der Waals surface area contributed by atoms with E-state index in [-0.39, 0.29) is 18.3 Å². The van der Waals surface area contributed by atoms with E-state index in [1.54, 1.807) is 0 Å². The number of nitrogens with zero attached hydrogens (tertiary/aromatic N) is 1. The number of aromatic nitrogens is 1. The van der Waals surface area contributed by atoms with E-state index in [1.807, 2.05) is 6.92 Å². The van der Waals surface area contributed by atoms with Crippen molar-refractivity contribution in [1.29, 1.82) is 0 Å². The molecule has 1 rings (SSSR count). The summed E-state index contributed by atoms with van der Waals surface area (Å²) in [6.07, 6.45) is -2.15. The maximum absolute atomic E-state index is 12.3. The molecule has 106 valence electrons. The van der Waals surface area contributed by atoms with Gasteiger partial charge in [-0.1, -0.05) is 13.3 Å². The minimum Gasteiger partial charge on any atom is -0.349 e. The Hall–Kier alpha value is -1.63. The zero-order valence-corrected chi connectivity index (χ0v) is 10.5. The van der Waals surface area contributed by atoms with Crippen LogP contribution in [-0.2, 0) is 6.18 Å². The number of hydrogen-bond donors (Lipinski definition) is 2. The molecule has 7 heteroatoms. The van der Waals surface area contributed by atoms with Gasteiger partial charge < -0.3 is 11.1 Å². The lowest BCUT2D eigenvalue weighted by Gasteiger charge is -2.11. The zero-order chi connectivity index (χ0) is 14.5. The van der Waals surface area contributed by atoms with Gasteiger partial charge in [0.25, 0.3) is 5.91 Å². The molecule has 1 heterocycles. The molecule has 4 nitrogen and oxygen atoms in total. The predicted octanol–water partition coefficient (Wildman–Crippen LogP) is 1.96. The fraction of sp³-hybridized carbons (Fsp3) is 0.500. The summed E-state index contributed by atoms with van der Waals surface area (Å²) in [4.78, 5) is 15.1. The van der Waals surface area contributed by atoms with Crippen LogP contribution in [0, 0.1) is 0 Å². The third-order valence-electron chi connectivity index (χ3n) is 2.51. The van der Waals surface area contributed by atoms with Crippen LogP contribution < -0.4 is 11.1 Å². The van der Waals surface area contributed by atoms with Crippen molar-refractivity contribution in [3.8, 4) is 0 Å². The fourth-order valence-electron chi connectivity index (χ4n) is 1.48. The van der Waals surface area contributed by atoms with E-state index < -0.39 is 17.6 Å². The maximum Gasteiger partial charge on any atom is 0.417 e. The Labute approximate surface area is 109 Å². The van der Waals surface area contributed by atoms with Crippen molar-refractivity contribution in [2.75, 3.05) is 6.54 Å². The highest BCUT2D eigenvalue weighted by atomic mass is 19.4. The summed E-state index contributed by atoms with van der Waals surface area (Å²) < 4.78 is 36.9. The van der Waals surface area contributed by atoms with E-state index in [2.05, 4.69) is 10.3 Å². The first-order valence-electron chi connectivity index (χ1n) is 5.91. The molecule has 0 radical (unpaired) electrons. The maximum atomic E-state index is 12.3. The van der Waals surface area contributed by atoms with Crippen LogP contribution >= 0.6 is 0 Å². The predicted molar refractivity (Wildman–Crippen MR) is 64.5 cm³/mol. The van der Waals surface area contributed by atoms with Crippen LogP contribution in [0.25, 0.3) is 0 Å². The summed E-state index contributed by atoms with van der Waals surface area (Å²) in [7, 11) is 0. The number of rotatable bonds is 5. The van der Waals surface area contributed by atoms with E-state index in [0.717, 1.165) is 25.0 Å². The molecule has 0 bridgehead atoms. The van der Waals surface area contributed by atoms with Gasteiger partial charge in [-0.3, -0.25) is 9.78 Å². The second kappa shape index (κ2) is 6.51. The lowest BCUT2D eigenvalue weighted by molar-refractivity contribution is -0.137. The van der Waals surface area contributed by atoms with Gasteiger partial charge in [0.2, 0.25) is 0 Å². The monoisotopic (exact) mass is 275 g/mol. The number of pyridine rings is 1. The van der Waals surface area contributed by atoms with Gasteiger partial charge >= 0.3 is 6.18 Å². The molecule has 0 saturated heterocycles. The van der Waals surface area contributed by atoms with Crippen molar-refractivity contribution in [2.45, 2.75) is 32.0 Å². The third-order valence-corrected chi connectivity index (χ3v) is 2.51. The summed E-state index contributed by atoms with van der Waals surface area (Å²) >= 11 is 0. The molecule has 19 heavy (non-hydrogen) atoms. The molecule has 0 aliphatic rings.